The lowest BCUT2D eigenvalue weighted by atomic mass is 9.55. The normalized spacial score (nSPS) is 28.0. The van der Waals surface area contributed by atoms with E-state index in [2.05, 4.69) is 6.07 Å². The molecule has 3 aliphatic carbocycles. The van der Waals surface area contributed by atoms with Crippen LogP contribution in [0.1, 0.15) is 38.5 Å². The van der Waals surface area contributed by atoms with Gasteiger partial charge in [-0.15, -0.1) is 0 Å². The molecule has 0 aromatic heterocycles. The third-order valence-corrected chi connectivity index (χ3v) is 8.14. The lowest BCUT2D eigenvalue weighted by Gasteiger charge is -2.50. The molecule has 3 aliphatic rings. The fourth-order valence-electron chi connectivity index (χ4n) is 4.19. The molecule has 3 saturated carbocycles. The fraction of sp³-hybridized carbons (Fsp3) is 0.550. The molecule has 0 radical (unpaired) electrons. The van der Waals surface area contributed by atoms with Gasteiger partial charge in [0.25, 0.3) is 0 Å². The summed E-state index contributed by atoms with van der Waals surface area (Å²) in [6.45, 7) is 0.0982. The highest BCUT2D eigenvalue weighted by atomic mass is 32.2. The van der Waals surface area contributed by atoms with Crippen LogP contribution in [0.4, 0.5) is 4.39 Å². The van der Waals surface area contributed by atoms with Crippen LogP contribution in [-0.2, 0) is 9.84 Å². The Morgan fingerprint density at radius 3 is 2.26 bits per heavy atom. The summed E-state index contributed by atoms with van der Waals surface area (Å²) < 4.78 is 43.8. The van der Waals surface area contributed by atoms with E-state index < -0.39 is 9.84 Å². The Balaban J connectivity index is 1.66. The fourth-order valence-corrected chi connectivity index (χ4v) is 6.14. The minimum Gasteiger partial charge on any atom is -0.489 e. The smallest absolute Gasteiger partial charge is 0.178 e. The van der Waals surface area contributed by atoms with Crippen molar-refractivity contribution in [3.8, 4) is 11.8 Å². The number of fused-ring (bicyclic) bond motifs is 3. The minimum atomic E-state index is -3.42. The molecule has 0 amide bonds. The number of nitrogens with zero attached hydrogens (tertiary/aromatic N) is 1. The van der Waals surface area contributed by atoms with Crippen LogP contribution in [0.2, 0.25) is 0 Å². The number of rotatable bonds is 7. The summed E-state index contributed by atoms with van der Waals surface area (Å²) >= 11 is 0. The van der Waals surface area contributed by atoms with Crippen molar-refractivity contribution in [2.75, 3.05) is 18.9 Å². The molecule has 0 unspecified atom stereocenters. The quantitative estimate of drug-likeness (QED) is 0.766. The van der Waals surface area contributed by atoms with Gasteiger partial charge in [-0.3, -0.25) is 0 Å². The van der Waals surface area contributed by atoms with Gasteiger partial charge in [-0.2, -0.15) is 5.26 Å². The Morgan fingerprint density at radius 1 is 1.19 bits per heavy atom. The maximum atomic E-state index is 12.9. The molecular weight excluding hydrogens is 367 g/mol. The average Bonchev–Trinajstić information content (AvgIpc) is 2.70. The minimum absolute atomic E-state index is 0.0306. The van der Waals surface area contributed by atoms with Crippen molar-refractivity contribution < 1.29 is 17.5 Å². The van der Waals surface area contributed by atoms with Crippen molar-refractivity contribution in [3.63, 3.8) is 0 Å². The first-order valence-electron chi connectivity index (χ1n) is 9.21. The first kappa shape index (κ1) is 19.8. The predicted molar refractivity (Wildman–Crippen MR) is 100 cm³/mol. The SMILES string of the molecule is N#CC12CCC(CS(=O)(=O)c3ccc(OC/C(=C/F)CN)cc3)(CC1)CC2. The summed E-state index contributed by atoms with van der Waals surface area (Å²) in [6.07, 6.45) is 5.24. The van der Waals surface area contributed by atoms with Crippen LogP contribution >= 0.6 is 0 Å². The highest BCUT2D eigenvalue weighted by Crippen LogP contribution is 2.57. The van der Waals surface area contributed by atoms with Crippen LogP contribution in [0.15, 0.2) is 41.1 Å². The van der Waals surface area contributed by atoms with Gasteiger partial charge in [-0.25, -0.2) is 12.8 Å². The second-order valence-corrected chi connectivity index (χ2v) is 9.87. The molecule has 0 aliphatic heterocycles. The lowest BCUT2D eigenvalue weighted by molar-refractivity contribution is 0.0434. The third-order valence-electron chi connectivity index (χ3n) is 6.16. The number of nitrogens with two attached hydrogens (primary N) is 1. The van der Waals surface area contributed by atoms with E-state index in [1.807, 2.05) is 0 Å². The predicted octanol–water partition coefficient (Wildman–Crippen LogP) is 3.52. The third kappa shape index (κ3) is 4.17. The second kappa shape index (κ2) is 7.61. The average molecular weight is 392 g/mol. The van der Waals surface area contributed by atoms with E-state index in [1.165, 1.54) is 12.1 Å². The number of benzene rings is 1. The van der Waals surface area contributed by atoms with Gasteiger partial charge >= 0.3 is 0 Å². The molecule has 3 fully saturated rings. The van der Waals surface area contributed by atoms with Crippen LogP contribution in [-0.4, -0.2) is 27.3 Å². The van der Waals surface area contributed by atoms with Gasteiger partial charge in [0.2, 0.25) is 0 Å². The Hall–Kier alpha value is -1.91. The largest absolute Gasteiger partial charge is 0.489 e. The Labute approximate surface area is 159 Å². The number of hydrogen-bond acceptors (Lipinski definition) is 5. The van der Waals surface area contributed by atoms with Gasteiger partial charge < -0.3 is 10.5 Å². The Kier molecular flexibility index (Phi) is 5.59. The summed E-state index contributed by atoms with van der Waals surface area (Å²) in [7, 11) is -3.42. The van der Waals surface area contributed by atoms with Crippen molar-refractivity contribution in [3.05, 3.63) is 36.2 Å². The molecule has 4 rings (SSSR count). The summed E-state index contributed by atoms with van der Waals surface area (Å²) in [5.74, 6) is 0.595. The molecule has 7 heteroatoms. The van der Waals surface area contributed by atoms with Crippen LogP contribution in [0.5, 0.6) is 5.75 Å². The topological polar surface area (TPSA) is 93.2 Å². The van der Waals surface area contributed by atoms with E-state index >= 15 is 0 Å². The van der Waals surface area contributed by atoms with Crippen molar-refractivity contribution >= 4 is 9.84 Å². The monoisotopic (exact) mass is 392 g/mol. The molecule has 1 aromatic carbocycles. The molecule has 0 spiro atoms. The van der Waals surface area contributed by atoms with Gasteiger partial charge in [-0.1, -0.05) is 0 Å². The number of hydrogen-bond donors (Lipinski definition) is 1. The lowest BCUT2D eigenvalue weighted by Crippen LogP contribution is -2.44. The molecule has 1 aromatic rings. The molecule has 0 heterocycles. The van der Waals surface area contributed by atoms with Gasteiger partial charge in [0, 0.05) is 12.1 Å². The van der Waals surface area contributed by atoms with E-state index in [4.69, 9.17) is 10.5 Å². The molecule has 146 valence electrons. The maximum Gasteiger partial charge on any atom is 0.178 e. The number of halogens is 1. The summed E-state index contributed by atoms with van der Waals surface area (Å²) in [4.78, 5) is 0.270. The first-order valence-corrected chi connectivity index (χ1v) is 10.9. The van der Waals surface area contributed by atoms with Crippen LogP contribution in [0, 0.1) is 22.2 Å². The molecule has 0 atom stereocenters. The molecule has 2 N–H and O–H groups in total. The zero-order chi connectivity index (χ0) is 19.5. The second-order valence-electron chi connectivity index (χ2n) is 7.88. The maximum absolute atomic E-state index is 12.9. The number of nitriles is 1. The zero-order valence-corrected chi connectivity index (χ0v) is 16.1. The standard InChI is InChI=1S/C20H25FN2O3S/c21-11-16(12-22)13-26-17-1-3-18(4-2-17)27(24,25)15-20-8-5-19(14-23,6-9-20)7-10-20/h1-4,11H,5-10,12-13,15,22H2/b16-11+. The molecular formula is C20H25FN2O3S. The van der Waals surface area contributed by atoms with Gasteiger partial charge in [-0.05, 0) is 68.2 Å². The molecule has 27 heavy (non-hydrogen) atoms. The van der Waals surface area contributed by atoms with Crippen LogP contribution in [0.3, 0.4) is 0 Å². The van der Waals surface area contributed by atoms with Crippen molar-refractivity contribution in [1.82, 2.24) is 0 Å². The van der Waals surface area contributed by atoms with Crippen molar-refractivity contribution in [2.45, 2.75) is 43.4 Å². The van der Waals surface area contributed by atoms with Crippen molar-refractivity contribution in [1.29, 1.82) is 5.26 Å². The zero-order valence-electron chi connectivity index (χ0n) is 15.3. The Bertz CT molecular complexity index is 832. The van der Waals surface area contributed by atoms with E-state index in [9.17, 15) is 18.1 Å². The van der Waals surface area contributed by atoms with E-state index in [1.54, 1.807) is 12.1 Å². The number of ether oxygens (including phenoxy) is 1. The highest BCUT2D eigenvalue weighted by Gasteiger charge is 2.50. The summed E-state index contributed by atoms with van der Waals surface area (Å²) in [6, 6.07) is 8.69. The highest BCUT2D eigenvalue weighted by molar-refractivity contribution is 7.91. The van der Waals surface area contributed by atoms with Crippen LogP contribution < -0.4 is 10.5 Å². The molecule has 2 bridgehead atoms. The van der Waals surface area contributed by atoms with Crippen molar-refractivity contribution in [2.24, 2.45) is 16.6 Å². The van der Waals surface area contributed by atoms with E-state index in [0.29, 0.717) is 17.7 Å². The van der Waals surface area contributed by atoms with Gasteiger partial charge in [0.1, 0.15) is 12.4 Å². The first-order chi connectivity index (χ1) is 12.9. The Morgan fingerprint density at radius 2 is 1.78 bits per heavy atom. The molecule has 0 saturated heterocycles. The van der Waals surface area contributed by atoms with Crippen LogP contribution in [0.25, 0.3) is 0 Å². The summed E-state index contributed by atoms with van der Waals surface area (Å²) in [5.41, 5.74) is 5.28. The van der Waals surface area contributed by atoms with E-state index in [-0.39, 0.29) is 34.6 Å². The summed E-state index contributed by atoms with van der Waals surface area (Å²) in [5, 5.41) is 9.38. The molecule has 5 nitrogen and oxygen atoms in total. The number of sulfone groups is 1. The van der Waals surface area contributed by atoms with Gasteiger partial charge in [0.05, 0.1) is 28.5 Å². The van der Waals surface area contributed by atoms with E-state index in [0.717, 1.165) is 38.5 Å². The van der Waals surface area contributed by atoms with Gasteiger partial charge in [0.15, 0.2) is 9.84 Å².